The minimum Gasteiger partial charge on any atom is -0.444 e. The predicted octanol–water partition coefficient (Wildman–Crippen LogP) is 4.44. The largest absolute Gasteiger partial charge is 0.444 e. The zero-order valence-corrected chi connectivity index (χ0v) is 24.7. The van der Waals surface area contributed by atoms with Gasteiger partial charge in [-0.25, -0.2) is 4.79 Å². The van der Waals surface area contributed by atoms with Crippen molar-refractivity contribution < 1.29 is 23.9 Å². The van der Waals surface area contributed by atoms with Crippen LogP contribution in [0, 0.1) is 13.8 Å². The number of nitrogens with one attached hydrogen (secondary N) is 2. The molecule has 214 valence electrons. The van der Waals surface area contributed by atoms with Gasteiger partial charge in [-0.3, -0.25) is 14.4 Å². The average molecular weight is 533 g/mol. The van der Waals surface area contributed by atoms with Crippen LogP contribution in [0.3, 0.4) is 0 Å². The van der Waals surface area contributed by atoms with Crippen LogP contribution in [0.15, 0.2) is 18.2 Å². The number of aryl methyl sites for hydroxylation is 2. The maximum atomic E-state index is 14.2. The lowest BCUT2D eigenvalue weighted by Gasteiger charge is -2.45. The number of nitrogens with two attached hydrogens (primary N) is 1. The fourth-order valence-corrected chi connectivity index (χ4v) is 4.18. The number of hydrogen-bond donors (Lipinski definition) is 3. The number of hydrogen-bond acceptors (Lipinski definition) is 5. The van der Waals surface area contributed by atoms with E-state index in [9.17, 15) is 19.2 Å². The van der Waals surface area contributed by atoms with Gasteiger partial charge in [0.25, 0.3) is 0 Å². The Balaban J connectivity index is 3.65. The molecule has 38 heavy (non-hydrogen) atoms. The molecule has 4 N–H and O–H groups in total. The van der Waals surface area contributed by atoms with E-state index >= 15 is 0 Å². The van der Waals surface area contributed by atoms with Gasteiger partial charge in [-0.15, -0.1) is 0 Å². The number of carbonyl (C=O) groups excluding carboxylic acids is 4. The number of alkyl carbamates (subject to hydrolysis) is 1. The highest BCUT2D eigenvalue weighted by Gasteiger charge is 2.43. The lowest BCUT2D eigenvalue weighted by atomic mass is 9.89. The van der Waals surface area contributed by atoms with Gasteiger partial charge in [0.15, 0.2) is 0 Å². The summed E-state index contributed by atoms with van der Waals surface area (Å²) in [7, 11) is 0. The molecule has 1 aromatic rings. The molecule has 9 nitrogen and oxygen atoms in total. The van der Waals surface area contributed by atoms with Crippen molar-refractivity contribution in [2.45, 2.75) is 118 Å². The predicted molar refractivity (Wildman–Crippen MR) is 149 cm³/mol. The summed E-state index contributed by atoms with van der Waals surface area (Å²) >= 11 is 0. The molecule has 0 saturated heterocycles. The van der Waals surface area contributed by atoms with Gasteiger partial charge < -0.3 is 26.0 Å². The molecule has 0 saturated carbocycles. The van der Waals surface area contributed by atoms with Crippen molar-refractivity contribution in [1.82, 2.24) is 15.5 Å². The van der Waals surface area contributed by atoms with E-state index in [-0.39, 0.29) is 5.91 Å². The molecule has 0 bridgehead atoms. The molecular formula is C29H48N4O5. The second-order valence-corrected chi connectivity index (χ2v) is 11.5. The molecule has 2 unspecified atom stereocenters. The number of ether oxygens (including phenoxy) is 1. The number of rotatable bonds is 13. The highest BCUT2D eigenvalue weighted by atomic mass is 16.6. The standard InChI is InChI=1S/C29H48N4O5/c1-10-12-13-16-31-25(35)24(21-15-14-19(3)17-20(21)4)33(29(8,9)11-2)26(36)22(18-23(30)34)32-27(37)38-28(5,6)7/h14-15,17,22,24H,10-13,16,18H2,1-9H3,(H2,30,34)(H,31,35)(H,32,37). The first kappa shape index (κ1) is 32.9. The first-order valence-electron chi connectivity index (χ1n) is 13.5. The molecule has 0 aliphatic heterocycles. The number of carbonyl (C=O) groups is 4. The Morgan fingerprint density at radius 2 is 1.66 bits per heavy atom. The topological polar surface area (TPSA) is 131 Å². The van der Waals surface area contributed by atoms with E-state index in [0.717, 1.165) is 30.4 Å². The van der Waals surface area contributed by atoms with Crippen LogP contribution in [-0.2, 0) is 19.1 Å². The molecule has 4 amide bonds. The van der Waals surface area contributed by atoms with E-state index in [1.165, 1.54) is 4.90 Å². The Kier molecular flexibility index (Phi) is 12.3. The van der Waals surface area contributed by atoms with Crippen LogP contribution in [0.4, 0.5) is 4.79 Å². The van der Waals surface area contributed by atoms with E-state index in [2.05, 4.69) is 17.6 Å². The van der Waals surface area contributed by atoms with Crippen LogP contribution in [0.5, 0.6) is 0 Å². The zero-order valence-electron chi connectivity index (χ0n) is 24.7. The summed E-state index contributed by atoms with van der Waals surface area (Å²) in [5, 5.41) is 5.53. The number of benzene rings is 1. The number of primary amides is 1. The van der Waals surface area contributed by atoms with Gasteiger partial charge in [0.2, 0.25) is 17.7 Å². The van der Waals surface area contributed by atoms with Crippen LogP contribution in [-0.4, -0.2) is 52.4 Å². The SMILES string of the molecule is CCCCCNC(=O)C(c1ccc(C)cc1C)N(C(=O)C(CC(N)=O)NC(=O)OC(C)(C)C)C(C)(C)CC. The molecular weight excluding hydrogens is 484 g/mol. The maximum absolute atomic E-state index is 14.2. The Morgan fingerprint density at radius 1 is 1.03 bits per heavy atom. The first-order valence-corrected chi connectivity index (χ1v) is 13.5. The molecule has 1 aromatic carbocycles. The molecule has 0 heterocycles. The second-order valence-electron chi connectivity index (χ2n) is 11.5. The second kappa shape index (κ2) is 14.2. The lowest BCUT2D eigenvalue weighted by molar-refractivity contribution is -0.150. The van der Waals surface area contributed by atoms with Crippen LogP contribution in [0.25, 0.3) is 0 Å². The summed E-state index contributed by atoms with van der Waals surface area (Å²) in [4.78, 5) is 54.1. The minimum absolute atomic E-state index is 0.321. The zero-order chi connectivity index (χ0) is 29.3. The van der Waals surface area contributed by atoms with Crippen molar-refractivity contribution in [3.8, 4) is 0 Å². The Bertz CT molecular complexity index is 984. The molecule has 9 heteroatoms. The van der Waals surface area contributed by atoms with Gasteiger partial charge in [0.1, 0.15) is 17.7 Å². The van der Waals surface area contributed by atoms with E-state index < -0.39 is 47.6 Å². The van der Waals surface area contributed by atoms with Crippen molar-refractivity contribution in [1.29, 1.82) is 0 Å². The smallest absolute Gasteiger partial charge is 0.408 e. The van der Waals surface area contributed by atoms with Gasteiger partial charge in [-0.05, 0) is 72.4 Å². The Labute approximate surface area is 228 Å². The number of amides is 4. The normalized spacial score (nSPS) is 13.3. The third kappa shape index (κ3) is 9.99. The van der Waals surface area contributed by atoms with Gasteiger partial charge in [-0.2, -0.15) is 0 Å². The van der Waals surface area contributed by atoms with Crippen LogP contribution >= 0.6 is 0 Å². The summed E-state index contributed by atoms with van der Waals surface area (Å²) in [5.74, 6) is -1.67. The summed E-state index contributed by atoms with van der Waals surface area (Å²) in [6.45, 7) is 17.2. The summed E-state index contributed by atoms with van der Waals surface area (Å²) in [6.07, 6.45) is 2.02. The number of unbranched alkanes of at least 4 members (excludes halogenated alkanes) is 2. The molecule has 0 radical (unpaired) electrons. The van der Waals surface area contributed by atoms with Gasteiger partial charge in [0.05, 0.1) is 6.42 Å². The Morgan fingerprint density at radius 3 is 2.16 bits per heavy atom. The summed E-state index contributed by atoms with van der Waals surface area (Å²) < 4.78 is 5.34. The molecule has 1 rings (SSSR count). The highest BCUT2D eigenvalue weighted by Crippen LogP contribution is 2.34. The molecule has 0 fully saturated rings. The van der Waals surface area contributed by atoms with Crippen molar-refractivity contribution in [3.63, 3.8) is 0 Å². The minimum atomic E-state index is -1.31. The third-order valence-corrected chi connectivity index (χ3v) is 6.46. The summed E-state index contributed by atoms with van der Waals surface area (Å²) in [5.41, 5.74) is 6.41. The van der Waals surface area contributed by atoms with Crippen molar-refractivity contribution in [2.24, 2.45) is 5.73 Å². The molecule has 2 atom stereocenters. The molecule has 0 aromatic heterocycles. The van der Waals surface area contributed by atoms with Crippen molar-refractivity contribution in [3.05, 3.63) is 34.9 Å². The van der Waals surface area contributed by atoms with E-state index in [4.69, 9.17) is 10.5 Å². The molecule has 0 aliphatic rings. The maximum Gasteiger partial charge on any atom is 0.408 e. The quantitative estimate of drug-likeness (QED) is 0.323. The monoisotopic (exact) mass is 532 g/mol. The Hall–Kier alpha value is -3.10. The fourth-order valence-electron chi connectivity index (χ4n) is 4.18. The van der Waals surface area contributed by atoms with Crippen molar-refractivity contribution in [2.75, 3.05) is 6.54 Å². The van der Waals surface area contributed by atoms with Crippen LogP contribution in [0.2, 0.25) is 0 Å². The van der Waals surface area contributed by atoms with Gasteiger partial charge >= 0.3 is 6.09 Å². The first-order chi connectivity index (χ1) is 17.5. The van der Waals surface area contributed by atoms with Gasteiger partial charge in [-0.1, -0.05) is 50.5 Å². The van der Waals surface area contributed by atoms with Crippen LogP contribution < -0.4 is 16.4 Å². The van der Waals surface area contributed by atoms with E-state index in [1.54, 1.807) is 20.8 Å². The third-order valence-electron chi connectivity index (χ3n) is 6.46. The lowest BCUT2D eigenvalue weighted by Crippen LogP contribution is -2.60. The molecule has 0 aliphatic carbocycles. The van der Waals surface area contributed by atoms with E-state index in [0.29, 0.717) is 18.5 Å². The van der Waals surface area contributed by atoms with E-state index in [1.807, 2.05) is 52.8 Å². The molecule has 0 spiro atoms. The van der Waals surface area contributed by atoms with Crippen LogP contribution in [0.1, 0.15) is 103 Å². The van der Waals surface area contributed by atoms with Crippen molar-refractivity contribution >= 4 is 23.8 Å². The summed E-state index contributed by atoms with van der Waals surface area (Å²) in [6, 6.07) is 3.43. The highest BCUT2D eigenvalue weighted by molar-refractivity contribution is 5.95. The number of nitrogens with zero attached hydrogens (tertiary/aromatic N) is 1. The fraction of sp³-hybridized carbons (Fsp3) is 0.655. The average Bonchev–Trinajstić information content (AvgIpc) is 2.78. The van der Waals surface area contributed by atoms with Gasteiger partial charge in [0, 0.05) is 12.1 Å².